The van der Waals surface area contributed by atoms with Crippen LogP contribution in [0.15, 0.2) is 0 Å². The van der Waals surface area contributed by atoms with Crippen molar-refractivity contribution in [3.63, 3.8) is 0 Å². The van der Waals surface area contributed by atoms with E-state index >= 15 is 0 Å². The highest BCUT2D eigenvalue weighted by Crippen LogP contribution is 2.12. The van der Waals surface area contributed by atoms with Gasteiger partial charge in [-0.2, -0.15) is 0 Å². The van der Waals surface area contributed by atoms with E-state index in [0.717, 1.165) is 32.8 Å². The molecular weight excluding hydrogens is 206 g/mol. The van der Waals surface area contributed by atoms with Gasteiger partial charge in [0.05, 0.1) is 18.8 Å². The Labute approximate surface area is 99.6 Å². The molecule has 0 saturated heterocycles. The first-order valence-corrected chi connectivity index (χ1v) is 5.87. The van der Waals surface area contributed by atoms with Crippen molar-refractivity contribution in [1.29, 1.82) is 0 Å². The Bertz CT molecular complexity index is 162. The van der Waals surface area contributed by atoms with Gasteiger partial charge in [0.1, 0.15) is 0 Å². The molecule has 0 aromatic heterocycles. The topological polar surface area (TPSA) is 39.7 Å². The first-order chi connectivity index (χ1) is 7.52. The molecule has 0 aliphatic heterocycles. The second-order valence-electron chi connectivity index (χ2n) is 4.64. The van der Waals surface area contributed by atoms with Crippen LogP contribution in [0.3, 0.4) is 0 Å². The van der Waals surface area contributed by atoms with Gasteiger partial charge in [-0.3, -0.25) is 0 Å². The summed E-state index contributed by atoms with van der Waals surface area (Å²) < 4.78 is 15.8. The molecule has 1 unspecified atom stereocenters. The maximum Gasteiger partial charge on any atom is 0.0644 e. The fourth-order valence-corrected chi connectivity index (χ4v) is 1.21. The molecule has 0 rings (SSSR count). The Morgan fingerprint density at radius 3 is 2.44 bits per heavy atom. The van der Waals surface area contributed by atoms with Crippen LogP contribution in [0.2, 0.25) is 0 Å². The smallest absolute Gasteiger partial charge is 0.0644 e. The van der Waals surface area contributed by atoms with Gasteiger partial charge in [0.2, 0.25) is 0 Å². The molecular formula is C12H27NO3. The third-order valence-electron chi connectivity index (χ3n) is 2.56. The lowest BCUT2D eigenvalue weighted by atomic mass is 10.1. The lowest BCUT2D eigenvalue weighted by Gasteiger charge is -2.22. The van der Waals surface area contributed by atoms with Crippen molar-refractivity contribution in [2.45, 2.75) is 38.8 Å². The SMILES string of the molecule is COCC(C)NCCOCCC(C)(C)OC. The van der Waals surface area contributed by atoms with Crippen LogP contribution < -0.4 is 5.32 Å². The molecule has 0 aromatic carbocycles. The molecule has 0 spiro atoms. The lowest BCUT2D eigenvalue weighted by Crippen LogP contribution is -2.33. The summed E-state index contributed by atoms with van der Waals surface area (Å²) >= 11 is 0. The van der Waals surface area contributed by atoms with Gasteiger partial charge in [0.15, 0.2) is 0 Å². The van der Waals surface area contributed by atoms with Gasteiger partial charge in [0, 0.05) is 33.4 Å². The predicted octanol–water partition coefficient (Wildman–Crippen LogP) is 1.44. The normalized spacial score (nSPS) is 14.1. The minimum atomic E-state index is -0.0865. The zero-order chi connectivity index (χ0) is 12.4. The van der Waals surface area contributed by atoms with Crippen LogP contribution in [0, 0.1) is 0 Å². The zero-order valence-electron chi connectivity index (χ0n) is 11.3. The maximum absolute atomic E-state index is 5.52. The highest BCUT2D eigenvalue weighted by Gasteiger charge is 2.15. The number of ether oxygens (including phenoxy) is 3. The summed E-state index contributed by atoms with van der Waals surface area (Å²) in [4.78, 5) is 0. The second kappa shape index (κ2) is 8.93. The first kappa shape index (κ1) is 15.8. The van der Waals surface area contributed by atoms with Crippen molar-refractivity contribution in [2.75, 3.05) is 40.6 Å². The quantitative estimate of drug-likeness (QED) is 0.580. The van der Waals surface area contributed by atoms with Crippen molar-refractivity contribution in [3.8, 4) is 0 Å². The van der Waals surface area contributed by atoms with E-state index in [1.807, 2.05) is 0 Å². The third kappa shape index (κ3) is 9.09. The molecule has 1 atom stereocenters. The third-order valence-corrected chi connectivity index (χ3v) is 2.56. The van der Waals surface area contributed by atoms with E-state index in [1.165, 1.54) is 0 Å². The van der Waals surface area contributed by atoms with Crippen LogP contribution in [-0.2, 0) is 14.2 Å². The number of hydrogen-bond donors (Lipinski definition) is 1. The minimum Gasteiger partial charge on any atom is -0.383 e. The fourth-order valence-electron chi connectivity index (χ4n) is 1.21. The van der Waals surface area contributed by atoms with Crippen molar-refractivity contribution in [2.24, 2.45) is 0 Å². The zero-order valence-corrected chi connectivity index (χ0v) is 11.3. The maximum atomic E-state index is 5.52. The molecule has 1 N–H and O–H groups in total. The number of methoxy groups -OCH3 is 2. The summed E-state index contributed by atoms with van der Waals surface area (Å²) in [7, 11) is 3.44. The average molecular weight is 233 g/mol. The molecule has 0 radical (unpaired) electrons. The molecule has 0 aromatic rings. The summed E-state index contributed by atoms with van der Waals surface area (Å²) in [6.07, 6.45) is 0.914. The molecule has 16 heavy (non-hydrogen) atoms. The molecule has 4 heteroatoms. The fraction of sp³-hybridized carbons (Fsp3) is 1.00. The molecule has 0 amide bonds. The molecule has 0 aliphatic carbocycles. The van der Waals surface area contributed by atoms with Crippen LogP contribution in [0.5, 0.6) is 0 Å². The highest BCUT2D eigenvalue weighted by atomic mass is 16.5. The summed E-state index contributed by atoms with van der Waals surface area (Å²) in [5, 5.41) is 3.31. The van der Waals surface area contributed by atoms with E-state index in [0.29, 0.717) is 6.04 Å². The van der Waals surface area contributed by atoms with Gasteiger partial charge < -0.3 is 19.5 Å². The van der Waals surface area contributed by atoms with Crippen molar-refractivity contribution < 1.29 is 14.2 Å². The largest absolute Gasteiger partial charge is 0.383 e. The number of rotatable bonds is 10. The van der Waals surface area contributed by atoms with Crippen LogP contribution in [0.25, 0.3) is 0 Å². The lowest BCUT2D eigenvalue weighted by molar-refractivity contribution is -0.00962. The molecule has 0 bridgehead atoms. The molecule has 0 saturated carbocycles. The van der Waals surface area contributed by atoms with E-state index < -0.39 is 0 Å². The Kier molecular flexibility index (Phi) is 8.84. The second-order valence-corrected chi connectivity index (χ2v) is 4.64. The highest BCUT2D eigenvalue weighted by molar-refractivity contribution is 4.66. The summed E-state index contributed by atoms with van der Waals surface area (Å²) in [5.74, 6) is 0. The Balaban J connectivity index is 3.28. The minimum absolute atomic E-state index is 0.0865. The molecule has 4 nitrogen and oxygen atoms in total. The molecule has 0 heterocycles. The first-order valence-electron chi connectivity index (χ1n) is 5.87. The summed E-state index contributed by atoms with van der Waals surface area (Å²) in [5.41, 5.74) is -0.0865. The van der Waals surface area contributed by atoms with E-state index in [-0.39, 0.29) is 5.60 Å². The van der Waals surface area contributed by atoms with Crippen molar-refractivity contribution in [3.05, 3.63) is 0 Å². The van der Waals surface area contributed by atoms with Crippen LogP contribution in [-0.4, -0.2) is 52.2 Å². The van der Waals surface area contributed by atoms with Crippen LogP contribution in [0.1, 0.15) is 27.2 Å². The van der Waals surface area contributed by atoms with Gasteiger partial charge in [0.25, 0.3) is 0 Å². The van der Waals surface area contributed by atoms with Gasteiger partial charge in [-0.15, -0.1) is 0 Å². The van der Waals surface area contributed by atoms with E-state index in [9.17, 15) is 0 Å². The van der Waals surface area contributed by atoms with Gasteiger partial charge >= 0.3 is 0 Å². The summed E-state index contributed by atoms with van der Waals surface area (Å²) in [6, 6.07) is 0.379. The van der Waals surface area contributed by atoms with Gasteiger partial charge in [-0.1, -0.05) is 0 Å². The van der Waals surface area contributed by atoms with E-state index in [2.05, 4.69) is 26.1 Å². The monoisotopic (exact) mass is 233 g/mol. The summed E-state index contributed by atoms with van der Waals surface area (Å²) in [6.45, 7) is 9.28. The standard InChI is InChI=1S/C12H27NO3/c1-11(10-14-4)13-7-9-16-8-6-12(2,3)15-5/h11,13H,6-10H2,1-5H3. The molecule has 0 aliphatic rings. The number of nitrogens with one attached hydrogen (secondary N) is 1. The van der Waals surface area contributed by atoms with Crippen LogP contribution >= 0.6 is 0 Å². The van der Waals surface area contributed by atoms with E-state index in [4.69, 9.17) is 14.2 Å². The van der Waals surface area contributed by atoms with Gasteiger partial charge in [-0.25, -0.2) is 0 Å². The van der Waals surface area contributed by atoms with E-state index in [1.54, 1.807) is 14.2 Å². The molecule has 0 fully saturated rings. The Morgan fingerprint density at radius 2 is 1.88 bits per heavy atom. The Morgan fingerprint density at radius 1 is 1.19 bits per heavy atom. The van der Waals surface area contributed by atoms with Crippen LogP contribution in [0.4, 0.5) is 0 Å². The van der Waals surface area contributed by atoms with Crippen molar-refractivity contribution in [1.82, 2.24) is 5.32 Å². The Hall–Kier alpha value is -0.160. The van der Waals surface area contributed by atoms with Crippen molar-refractivity contribution >= 4 is 0 Å². The predicted molar refractivity (Wildman–Crippen MR) is 65.9 cm³/mol. The average Bonchev–Trinajstić information content (AvgIpc) is 2.23. The van der Waals surface area contributed by atoms with Gasteiger partial charge in [-0.05, 0) is 27.2 Å². The molecule has 98 valence electrons. The number of hydrogen-bond acceptors (Lipinski definition) is 4.